The summed E-state index contributed by atoms with van der Waals surface area (Å²) in [7, 11) is 0.787. The number of nitrogens with one attached hydrogen (secondary N) is 1. The molecule has 0 unspecified atom stereocenters. The Morgan fingerprint density at radius 3 is 1.88 bits per heavy atom. The molecule has 0 fully saturated rings. The summed E-state index contributed by atoms with van der Waals surface area (Å²) in [6.45, 7) is 0. The van der Waals surface area contributed by atoms with Crippen molar-refractivity contribution in [2.45, 2.75) is 0 Å². The van der Waals surface area contributed by atoms with E-state index in [1.807, 2.05) is 0 Å². The smallest absolute Gasteiger partial charge is 0.344 e. The van der Waals surface area contributed by atoms with E-state index in [2.05, 4.69) is 4.74 Å². The Hall–Kier alpha value is -1.83. The SMILES string of the molecule is COC(=O)c1c(F)c(F)c(NO)c(F)c1F. The number of hydrogen-bond acceptors (Lipinski definition) is 4. The highest BCUT2D eigenvalue weighted by atomic mass is 19.2. The number of carbonyl (C=O) groups excluding carboxylic acids is 1. The third-order valence-electron chi connectivity index (χ3n) is 1.76. The monoisotopic (exact) mass is 239 g/mol. The molecule has 0 aliphatic heterocycles. The van der Waals surface area contributed by atoms with Crippen LogP contribution in [0, 0.1) is 23.3 Å². The zero-order chi connectivity index (χ0) is 12.5. The van der Waals surface area contributed by atoms with Crippen molar-refractivity contribution in [2.24, 2.45) is 0 Å². The predicted molar refractivity (Wildman–Crippen MR) is 43.0 cm³/mol. The zero-order valence-electron chi connectivity index (χ0n) is 7.78. The first-order valence-corrected chi connectivity index (χ1v) is 3.80. The Bertz CT molecular complexity index is 420. The lowest BCUT2D eigenvalue weighted by atomic mass is 10.1. The van der Waals surface area contributed by atoms with E-state index in [4.69, 9.17) is 5.21 Å². The molecule has 0 radical (unpaired) electrons. The molecule has 0 bridgehead atoms. The molecule has 2 N–H and O–H groups in total. The standard InChI is InChI=1S/C8H5F4NO3/c1-16-8(14)2-3(9)5(11)7(13-15)6(12)4(2)10/h13,15H,1H3. The Morgan fingerprint density at radius 2 is 1.56 bits per heavy atom. The van der Waals surface area contributed by atoms with Crippen molar-refractivity contribution >= 4 is 11.7 Å². The summed E-state index contributed by atoms with van der Waals surface area (Å²) in [5, 5.41) is 8.26. The molecule has 0 amide bonds. The Kier molecular flexibility index (Phi) is 3.33. The van der Waals surface area contributed by atoms with Crippen LogP contribution in [0.15, 0.2) is 0 Å². The van der Waals surface area contributed by atoms with Crippen LogP contribution >= 0.6 is 0 Å². The molecular formula is C8H5F4NO3. The van der Waals surface area contributed by atoms with Crippen LogP contribution in [-0.4, -0.2) is 18.3 Å². The van der Waals surface area contributed by atoms with Gasteiger partial charge in [-0.05, 0) is 0 Å². The fraction of sp³-hybridized carbons (Fsp3) is 0.125. The van der Waals surface area contributed by atoms with Crippen LogP contribution in [0.25, 0.3) is 0 Å². The number of esters is 1. The van der Waals surface area contributed by atoms with E-state index in [-0.39, 0.29) is 0 Å². The molecule has 16 heavy (non-hydrogen) atoms. The second-order valence-electron chi connectivity index (χ2n) is 2.61. The first kappa shape index (κ1) is 12.2. The van der Waals surface area contributed by atoms with Crippen LogP contribution in [0.2, 0.25) is 0 Å². The third-order valence-corrected chi connectivity index (χ3v) is 1.76. The second kappa shape index (κ2) is 4.35. The molecule has 0 aromatic heterocycles. The maximum Gasteiger partial charge on any atom is 0.344 e. The van der Waals surface area contributed by atoms with E-state index in [1.165, 1.54) is 0 Å². The van der Waals surface area contributed by atoms with Crippen LogP contribution in [0.1, 0.15) is 10.4 Å². The van der Waals surface area contributed by atoms with E-state index in [0.717, 1.165) is 12.6 Å². The molecule has 4 nitrogen and oxygen atoms in total. The average molecular weight is 239 g/mol. The number of carbonyl (C=O) groups is 1. The zero-order valence-corrected chi connectivity index (χ0v) is 7.78. The number of ether oxygens (including phenoxy) is 1. The van der Waals surface area contributed by atoms with Gasteiger partial charge in [-0.2, -0.15) is 0 Å². The van der Waals surface area contributed by atoms with Gasteiger partial charge >= 0.3 is 5.97 Å². The van der Waals surface area contributed by atoms with Crippen LogP contribution < -0.4 is 5.48 Å². The third kappa shape index (κ3) is 1.67. The lowest BCUT2D eigenvalue weighted by molar-refractivity contribution is 0.0587. The molecule has 0 saturated carbocycles. The lowest BCUT2D eigenvalue weighted by Crippen LogP contribution is -2.14. The van der Waals surface area contributed by atoms with Crippen LogP contribution in [0.4, 0.5) is 23.2 Å². The highest BCUT2D eigenvalue weighted by Crippen LogP contribution is 2.27. The lowest BCUT2D eigenvalue weighted by Gasteiger charge is -2.09. The summed E-state index contributed by atoms with van der Waals surface area (Å²) < 4.78 is 56.1. The van der Waals surface area contributed by atoms with E-state index >= 15 is 0 Å². The highest BCUT2D eigenvalue weighted by Gasteiger charge is 2.29. The van der Waals surface area contributed by atoms with Gasteiger partial charge in [0, 0.05) is 0 Å². The number of benzene rings is 1. The predicted octanol–water partition coefficient (Wildman–Crippen LogP) is 1.83. The van der Waals surface area contributed by atoms with Gasteiger partial charge in [-0.3, -0.25) is 10.7 Å². The summed E-state index contributed by atoms with van der Waals surface area (Å²) in [5.74, 6) is -9.34. The molecule has 1 aromatic rings. The molecule has 0 aliphatic rings. The Balaban J connectivity index is 3.60. The quantitative estimate of drug-likeness (QED) is 0.358. The minimum absolute atomic E-state index is 0.787. The molecule has 0 atom stereocenters. The molecule has 8 heteroatoms. The minimum atomic E-state index is -1.96. The number of methoxy groups -OCH3 is 1. The van der Waals surface area contributed by atoms with Gasteiger partial charge in [0.2, 0.25) is 0 Å². The molecule has 0 aliphatic carbocycles. The summed E-state index contributed by atoms with van der Waals surface area (Å²) >= 11 is 0. The van der Waals surface area contributed by atoms with Crippen molar-refractivity contribution in [3.05, 3.63) is 28.8 Å². The summed E-state index contributed by atoms with van der Waals surface area (Å²) in [6.07, 6.45) is 0. The number of rotatable bonds is 2. The normalized spacial score (nSPS) is 10.1. The fourth-order valence-corrected chi connectivity index (χ4v) is 1.01. The highest BCUT2D eigenvalue weighted by molar-refractivity contribution is 5.90. The summed E-state index contributed by atoms with van der Waals surface area (Å²) in [4.78, 5) is 10.8. The number of anilines is 1. The van der Waals surface area contributed by atoms with Crippen molar-refractivity contribution in [1.29, 1.82) is 0 Å². The molecular weight excluding hydrogens is 234 g/mol. The van der Waals surface area contributed by atoms with E-state index in [0.29, 0.717) is 0 Å². The van der Waals surface area contributed by atoms with Gasteiger partial charge in [0.1, 0.15) is 11.3 Å². The summed E-state index contributed by atoms with van der Waals surface area (Å²) in [6, 6.07) is 0. The maximum atomic E-state index is 13.1. The van der Waals surface area contributed by atoms with Crippen LogP contribution in [0.3, 0.4) is 0 Å². The first-order valence-electron chi connectivity index (χ1n) is 3.80. The molecule has 88 valence electrons. The summed E-state index contributed by atoms with van der Waals surface area (Å²) in [5.41, 5.74) is -1.98. The van der Waals surface area contributed by atoms with Crippen molar-refractivity contribution < 1.29 is 32.3 Å². The van der Waals surface area contributed by atoms with Crippen molar-refractivity contribution in [3.63, 3.8) is 0 Å². The number of hydrogen-bond donors (Lipinski definition) is 2. The number of halogens is 4. The van der Waals surface area contributed by atoms with E-state index in [1.54, 1.807) is 0 Å². The maximum absolute atomic E-state index is 13.1. The average Bonchev–Trinajstić information content (AvgIpc) is 2.27. The van der Waals surface area contributed by atoms with Gasteiger partial charge in [-0.15, -0.1) is 0 Å². The fourth-order valence-electron chi connectivity index (χ4n) is 1.01. The first-order chi connectivity index (χ1) is 7.45. The largest absolute Gasteiger partial charge is 0.465 e. The Morgan fingerprint density at radius 1 is 1.12 bits per heavy atom. The van der Waals surface area contributed by atoms with Gasteiger partial charge in [0.25, 0.3) is 0 Å². The van der Waals surface area contributed by atoms with Crippen molar-refractivity contribution in [3.8, 4) is 0 Å². The van der Waals surface area contributed by atoms with Gasteiger partial charge in [-0.1, -0.05) is 0 Å². The molecule has 0 saturated heterocycles. The van der Waals surface area contributed by atoms with Gasteiger partial charge in [0.15, 0.2) is 23.3 Å². The van der Waals surface area contributed by atoms with Gasteiger partial charge in [0.05, 0.1) is 7.11 Å². The second-order valence-corrected chi connectivity index (χ2v) is 2.61. The van der Waals surface area contributed by atoms with Gasteiger partial charge in [-0.25, -0.2) is 22.4 Å². The van der Waals surface area contributed by atoms with Gasteiger partial charge < -0.3 is 4.74 Å². The van der Waals surface area contributed by atoms with E-state index in [9.17, 15) is 22.4 Å². The minimum Gasteiger partial charge on any atom is -0.465 e. The molecule has 1 aromatic carbocycles. The van der Waals surface area contributed by atoms with Crippen LogP contribution in [0.5, 0.6) is 0 Å². The van der Waals surface area contributed by atoms with E-state index < -0.39 is 40.5 Å². The molecule has 0 spiro atoms. The van der Waals surface area contributed by atoms with Crippen molar-refractivity contribution in [1.82, 2.24) is 0 Å². The molecule has 0 heterocycles. The topological polar surface area (TPSA) is 58.6 Å². The molecule has 1 rings (SSSR count). The van der Waals surface area contributed by atoms with Crippen LogP contribution in [-0.2, 0) is 4.74 Å². The van der Waals surface area contributed by atoms with Crippen molar-refractivity contribution in [2.75, 3.05) is 12.6 Å². The Labute approximate surface area is 86.4 Å².